The van der Waals surface area contributed by atoms with Gasteiger partial charge in [-0.15, -0.1) is 0 Å². The van der Waals surface area contributed by atoms with Crippen molar-refractivity contribution in [3.8, 4) is 0 Å². The molecule has 0 spiro atoms. The zero-order chi connectivity index (χ0) is 13.6. The maximum absolute atomic E-state index is 11.5. The SMILES string of the molecule is CCc1cc(=O)oc2cc3oc(CN)c(C)c3cc12. The fourth-order valence-electron chi connectivity index (χ4n) is 2.48. The molecule has 0 radical (unpaired) electrons. The summed E-state index contributed by atoms with van der Waals surface area (Å²) in [6.07, 6.45) is 0.786. The molecule has 2 N–H and O–H groups in total. The van der Waals surface area contributed by atoms with Crippen molar-refractivity contribution in [3.63, 3.8) is 0 Å². The summed E-state index contributed by atoms with van der Waals surface area (Å²) in [5.74, 6) is 0.769. The molecule has 0 fully saturated rings. The lowest BCUT2D eigenvalue weighted by molar-refractivity contribution is 0.542. The second kappa shape index (κ2) is 4.24. The minimum absolute atomic E-state index is 0.328. The highest BCUT2D eigenvalue weighted by atomic mass is 16.4. The molecule has 0 aliphatic heterocycles. The number of fused-ring (bicyclic) bond motifs is 2. The largest absolute Gasteiger partial charge is 0.459 e. The maximum Gasteiger partial charge on any atom is 0.336 e. The second-order valence-corrected chi connectivity index (χ2v) is 4.64. The topological polar surface area (TPSA) is 69.4 Å². The predicted octanol–water partition coefficient (Wildman–Crippen LogP) is 2.87. The maximum atomic E-state index is 11.5. The Bertz CT molecular complexity index is 827. The van der Waals surface area contributed by atoms with Gasteiger partial charge in [0.1, 0.15) is 16.9 Å². The van der Waals surface area contributed by atoms with Crippen LogP contribution in [0.15, 0.2) is 31.8 Å². The Balaban J connectivity index is 2.46. The summed E-state index contributed by atoms with van der Waals surface area (Å²) in [5.41, 5.74) is 8.64. The fraction of sp³-hybridized carbons (Fsp3) is 0.267. The number of hydrogen-bond acceptors (Lipinski definition) is 4. The van der Waals surface area contributed by atoms with Crippen molar-refractivity contribution in [1.29, 1.82) is 0 Å². The van der Waals surface area contributed by atoms with E-state index in [0.29, 0.717) is 17.7 Å². The van der Waals surface area contributed by atoms with Crippen molar-refractivity contribution in [2.45, 2.75) is 26.8 Å². The monoisotopic (exact) mass is 257 g/mol. The van der Waals surface area contributed by atoms with E-state index in [2.05, 4.69) is 0 Å². The van der Waals surface area contributed by atoms with Crippen molar-refractivity contribution in [3.05, 3.63) is 45.5 Å². The quantitative estimate of drug-likeness (QED) is 0.717. The van der Waals surface area contributed by atoms with Gasteiger partial charge in [0.25, 0.3) is 0 Å². The molecule has 0 saturated carbocycles. The molecule has 0 unspecified atom stereocenters. The zero-order valence-corrected chi connectivity index (χ0v) is 10.9. The Morgan fingerprint density at radius 2 is 1.84 bits per heavy atom. The molecule has 0 aliphatic rings. The molecular weight excluding hydrogens is 242 g/mol. The van der Waals surface area contributed by atoms with Crippen LogP contribution in [0.25, 0.3) is 21.9 Å². The van der Waals surface area contributed by atoms with Gasteiger partial charge in [0.05, 0.1) is 6.54 Å². The predicted molar refractivity (Wildman–Crippen MR) is 74.3 cm³/mol. The van der Waals surface area contributed by atoms with Crippen LogP contribution in [0.5, 0.6) is 0 Å². The molecule has 2 aromatic heterocycles. The van der Waals surface area contributed by atoms with E-state index in [-0.39, 0.29) is 5.63 Å². The van der Waals surface area contributed by atoms with E-state index < -0.39 is 0 Å². The average molecular weight is 257 g/mol. The highest BCUT2D eigenvalue weighted by molar-refractivity contribution is 5.96. The Labute approximate surface area is 109 Å². The van der Waals surface area contributed by atoms with Gasteiger partial charge < -0.3 is 14.6 Å². The number of furan rings is 1. The first-order valence-electron chi connectivity index (χ1n) is 6.33. The van der Waals surface area contributed by atoms with E-state index in [0.717, 1.165) is 34.1 Å². The third kappa shape index (κ3) is 1.76. The Kier molecular flexibility index (Phi) is 2.68. The van der Waals surface area contributed by atoms with Crippen LogP contribution in [0.1, 0.15) is 23.8 Å². The van der Waals surface area contributed by atoms with Crippen molar-refractivity contribution in [1.82, 2.24) is 0 Å². The van der Waals surface area contributed by atoms with E-state index in [1.54, 1.807) is 12.1 Å². The molecule has 0 saturated heterocycles. The Hall–Kier alpha value is -2.07. The summed E-state index contributed by atoms with van der Waals surface area (Å²) in [6.45, 7) is 4.37. The van der Waals surface area contributed by atoms with Crippen LogP contribution in [0, 0.1) is 6.92 Å². The third-order valence-corrected chi connectivity index (χ3v) is 3.55. The minimum Gasteiger partial charge on any atom is -0.459 e. The van der Waals surface area contributed by atoms with Crippen LogP contribution < -0.4 is 11.4 Å². The van der Waals surface area contributed by atoms with E-state index in [1.807, 2.05) is 19.9 Å². The lowest BCUT2D eigenvalue weighted by atomic mass is 10.0. The smallest absolute Gasteiger partial charge is 0.336 e. The lowest BCUT2D eigenvalue weighted by Crippen LogP contribution is -1.99. The number of hydrogen-bond donors (Lipinski definition) is 1. The number of rotatable bonds is 2. The summed E-state index contributed by atoms with van der Waals surface area (Å²) in [7, 11) is 0. The van der Waals surface area contributed by atoms with Gasteiger partial charge in [-0.05, 0) is 30.5 Å². The van der Waals surface area contributed by atoms with Gasteiger partial charge in [0, 0.05) is 22.9 Å². The molecule has 19 heavy (non-hydrogen) atoms. The molecule has 0 amide bonds. The average Bonchev–Trinajstić information content (AvgIpc) is 2.71. The summed E-state index contributed by atoms with van der Waals surface area (Å²) in [5, 5.41) is 1.98. The van der Waals surface area contributed by atoms with Gasteiger partial charge in [-0.3, -0.25) is 0 Å². The summed E-state index contributed by atoms with van der Waals surface area (Å²) >= 11 is 0. The third-order valence-electron chi connectivity index (χ3n) is 3.55. The number of benzene rings is 1. The second-order valence-electron chi connectivity index (χ2n) is 4.64. The van der Waals surface area contributed by atoms with Gasteiger partial charge in [-0.1, -0.05) is 6.92 Å². The standard InChI is InChI=1S/C15H15NO3/c1-3-9-4-15(17)19-13-6-12-10(5-11(9)13)8(2)14(7-16)18-12/h4-6H,3,7,16H2,1-2H3. The molecule has 4 heteroatoms. The molecule has 98 valence electrons. The molecule has 2 heterocycles. The first-order chi connectivity index (χ1) is 9.13. The highest BCUT2D eigenvalue weighted by Crippen LogP contribution is 2.30. The van der Waals surface area contributed by atoms with E-state index >= 15 is 0 Å². The molecule has 0 aliphatic carbocycles. The van der Waals surface area contributed by atoms with E-state index in [1.165, 1.54) is 0 Å². The van der Waals surface area contributed by atoms with Crippen molar-refractivity contribution in [2.24, 2.45) is 5.73 Å². The van der Waals surface area contributed by atoms with Crippen LogP contribution in [0.3, 0.4) is 0 Å². The zero-order valence-electron chi connectivity index (χ0n) is 10.9. The Morgan fingerprint density at radius 3 is 2.53 bits per heavy atom. The highest BCUT2D eigenvalue weighted by Gasteiger charge is 2.13. The van der Waals surface area contributed by atoms with E-state index in [4.69, 9.17) is 14.6 Å². The molecule has 4 nitrogen and oxygen atoms in total. The molecule has 1 aromatic carbocycles. The number of nitrogens with two attached hydrogens (primary N) is 1. The van der Waals surface area contributed by atoms with Crippen LogP contribution in [-0.2, 0) is 13.0 Å². The molecule has 0 bridgehead atoms. The number of aryl methyl sites for hydroxylation is 2. The van der Waals surface area contributed by atoms with Gasteiger partial charge in [0.2, 0.25) is 0 Å². The lowest BCUT2D eigenvalue weighted by Gasteiger charge is -2.02. The van der Waals surface area contributed by atoms with Gasteiger partial charge in [-0.25, -0.2) is 4.79 Å². The first kappa shape index (κ1) is 12.0. The molecular formula is C15H15NO3. The van der Waals surface area contributed by atoms with Crippen LogP contribution in [0.4, 0.5) is 0 Å². The van der Waals surface area contributed by atoms with Crippen LogP contribution >= 0.6 is 0 Å². The van der Waals surface area contributed by atoms with Crippen LogP contribution in [-0.4, -0.2) is 0 Å². The fourth-order valence-corrected chi connectivity index (χ4v) is 2.48. The van der Waals surface area contributed by atoms with Crippen LogP contribution in [0.2, 0.25) is 0 Å². The summed E-state index contributed by atoms with van der Waals surface area (Å²) < 4.78 is 10.9. The van der Waals surface area contributed by atoms with Gasteiger partial charge in [0.15, 0.2) is 0 Å². The normalized spacial score (nSPS) is 11.5. The molecule has 3 aromatic rings. The summed E-state index contributed by atoms with van der Waals surface area (Å²) in [4.78, 5) is 11.5. The molecule has 3 rings (SSSR count). The van der Waals surface area contributed by atoms with Crippen molar-refractivity contribution >= 4 is 21.9 Å². The van der Waals surface area contributed by atoms with Gasteiger partial charge in [-0.2, -0.15) is 0 Å². The Morgan fingerprint density at radius 1 is 1.11 bits per heavy atom. The first-order valence-corrected chi connectivity index (χ1v) is 6.33. The van der Waals surface area contributed by atoms with Crippen molar-refractivity contribution < 1.29 is 8.83 Å². The minimum atomic E-state index is -0.328. The molecule has 0 atom stereocenters. The summed E-state index contributed by atoms with van der Waals surface area (Å²) in [6, 6.07) is 5.34. The van der Waals surface area contributed by atoms with E-state index in [9.17, 15) is 4.79 Å². The van der Waals surface area contributed by atoms with Crippen molar-refractivity contribution in [2.75, 3.05) is 0 Å². The van der Waals surface area contributed by atoms with Gasteiger partial charge >= 0.3 is 5.63 Å².